The number of hydrogen-bond acceptors (Lipinski definition) is 4. The summed E-state index contributed by atoms with van der Waals surface area (Å²) in [6.07, 6.45) is -4.55. The second-order valence-corrected chi connectivity index (χ2v) is 6.40. The van der Waals surface area contributed by atoms with Gasteiger partial charge in [0.15, 0.2) is 5.69 Å². The molecule has 1 fully saturated rings. The fourth-order valence-corrected chi connectivity index (χ4v) is 2.70. The highest BCUT2D eigenvalue weighted by Gasteiger charge is 2.36. The highest BCUT2D eigenvalue weighted by atomic mass is 19.4. The van der Waals surface area contributed by atoms with Crippen molar-refractivity contribution in [3.8, 4) is 0 Å². The zero-order valence-electron chi connectivity index (χ0n) is 14.7. The molecule has 1 aromatic heterocycles. The van der Waals surface area contributed by atoms with E-state index < -0.39 is 17.9 Å². The molecule has 10 heteroatoms. The highest BCUT2D eigenvalue weighted by molar-refractivity contribution is 5.83. The molecule has 1 saturated heterocycles. The van der Waals surface area contributed by atoms with Crippen LogP contribution in [0.2, 0.25) is 0 Å². The molecule has 0 aromatic carbocycles. The second kappa shape index (κ2) is 7.03. The first-order valence-corrected chi connectivity index (χ1v) is 7.81. The first kappa shape index (κ1) is 19.2. The molecule has 0 saturated carbocycles. The first-order valence-electron chi connectivity index (χ1n) is 7.81. The number of amides is 2. The summed E-state index contributed by atoms with van der Waals surface area (Å²) < 4.78 is 39.2. The second-order valence-electron chi connectivity index (χ2n) is 6.40. The highest BCUT2D eigenvalue weighted by Crippen LogP contribution is 2.28. The van der Waals surface area contributed by atoms with Gasteiger partial charge in [-0.3, -0.25) is 19.2 Å². The quantitative estimate of drug-likeness (QED) is 0.784. The van der Waals surface area contributed by atoms with Crippen molar-refractivity contribution in [3.63, 3.8) is 0 Å². The van der Waals surface area contributed by atoms with Crippen LogP contribution >= 0.6 is 0 Å². The molecular weight excluding hydrogens is 339 g/mol. The summed E-state index contributed by atoms with van der Waals surface area (Å²) in [6, 6.07) is 0.451. The van der Waals surface area contributed by atoms with Crippen LogP contribution in [0.15, 0.2) is 6.07 Å². The van der Waals surface area contributed by atoms with E-state index in [4.69, 9.17) is 0 Å². The van der Waals surface area contributed by atoms with Gasteiger partial charge in [-0.15, -0.1) is 0 Å². The van der Waals surface area contributed by atoms with Crippen LogP contribution in [0.4, 0.5) is 13.2 Å². The van der Waals surface area contributed by atoms with Crippen LogP contribution in [-0.4, -0.2) is 83.1 Å². The number of piperazine rings is 1. The fourth-order valence-electron chi connectivity index (χ4n) is 2.70. The summed E-state index contributed by atoms with van der Waals surface area (Å²) in [7, 11) is 5.09. The first-order chi connectivity index (χ1) is 11.5. The minimum absolute atomic E-state index is 0.116. The zero-order valence-corrected chi connectivity index (χ0v) is 14.7. The Morgan fingerprint density at radius 1 is 1.32 bits per heavy atom. The number of carbonyl (C=O) groups is 2. The summed E-state index contributed by atoms with van der Waals surface area (Å²) in [4.78, 5) is 29.5. The Morgan fingerprint density at radius 2 is 1.96 bits per heavy atom. The molecule has 7 nitrogen and oxygen atoms in total. The number of carbonyl (C=O) groups excluding carboxylic acids is 2. The summed E-state index contributed by atoms with van der Waals surface area (Å²) in [5, 5.41) is 3.47. The monoisotopic (exact) mass is 361 g/mol. The van der Waals surface area contributed by atoms with Gasteiger partial charge < -0.3 is 9.80 Å². The number of aryl methyl sites for hydroxylation is 1. The largest absolute Gasteiger partial charge is 0.435 e. The summed E-state index contributed by atoms with van der Waals surface area (Å²) >= 11 is 0. The number of halogens is 3. The van der Waals surface area contributed by atoms with E-state index in [2.05, 4.69) is 5.10 Å². The number of rotatable bonds is 3. The average Bonchev–Trinajstić information content (AvgIpc) is 2.88. The maximum atomic E-state index is 12.7. The Kier molecular flexibility index (Phi) is 5.40. The molecule has 1 aromatic rings. The van der Waals surface area contributed by atoms with Gasteiger partial charge in [-0.2, -0.15) is 18.3 Å². The van der Waals surface area contributed by atoms with Crippen LogP contribution in [0.3, 0.4) is 0 Å². The predicted molar refractivity (Wildman–Crippen MR) is 83.7 cm³/mol. The van der Waals surface area contributed by atoms with Crippen LogP contribution in [0.25, 0.3) is 0 Å². The van der Waals surface area contributed by atoms with Crippen molar-refractivity contribution in [2.24, 2.45) is 0 Å². The van der Waals surface area contributed by atoms with Crippen LogP contribution in [0, 0.1) is 6.92 Å². The van der Waals surface area contributed by atoms with Crippen molar-refractivity contribution in [2.75, 3.05) is 40.8 Å². The van der Waals surface area contributed by atoms with Crippen LogP contribution < -0.4 is 0 Å². The van der Waals surface area contributed by atoms with E-state index in [1.54, 1.807) is 21.1 Å². The minimum atomic E-state index is -4.55. The number of hydrogen-bond donors (Lipinski definition) is 0. The Bertz CT molecular complexity index is 656. The molecule has 0 N–H and O–H groups in total. The molecule has 1 aliphatic heterocycles. The van der Waals surface area contributed by atoms with Crippen molar-refractivity contribution in [3.05, 3.63) is 17.5 Å². The molecule has 0 bridgehead atoms. The SMILES string of the molecule is Cc1cc(C(F)(F)F)nn1CC(=O)N1CCN(C)[C@@H](C(=O)N(C)C)C1. The number of alkyl halides is 3. The van der Waals surface area contributed by atoms with E-state index in [9.17, 15) is 22.8 Å². The molecule has 25 heavy (non-hydrogen) atoms. The van der Waals surface area contributed by atoms with Gasteiger partial charge in [0.2, 0.25) is 11.8 Å². The molecule has 0 aliphatic carbocycles. The van der Waals surface area contributed by atoms with Gasteiger partial charge >= 0.3 is 6.18 Å². The maximum absolute atomic E-state index is 12.7. The van der Waals surface area contributed by atoms with Gasteiger partial charge in [-0.25, -0.2) is 0 Å². The molecule has 0 radical (unpaired) electrons. The zero-order chi connectivity index (χ0) is 18.9. The molecule has 140 valence electrons. The number of nitrogens with zero attached hydrogens (tertiary/aromatic N) is 5. The third kappa shape index (κ3) is 4.30. The van der Waals surface area contributed by atoms with Crippen molar-refractivity contribution in [2.45, 2.75) is 25.7 Å². The van der Waals surface area contributed by atoms with Crippen LogP contribution in [0.1, 0.15) is 11.4 Å². The number of aromatic nitrogens is 2. The van der Waals surface area contributed by atoms with Crippen LogP contribution in [0.5, 0.6) is 0 Å². The van der Waals surface area contributed by atoms with Crippen LogP contribution in [-0.2, 0) is 22.3 Å². The van der Waals surface area contributed by atoms with Gasteiger partial charge in [0, 0.05) is 39.4 Å². The molecule has 1 aliphatic rings. The van der Waals surface area contributed by atoms with Gasteiger partial charge in [-0.05, 0) is 20.0 Å². The predicted octanol–water partition coefficient (Wildman–Crippen LogP) is 0.441. The standard InChI is InChI=1S/C15H22F3N5O2/c1-10-7-12(15(16,17)18)19-23(10)9-13(24)22-6-5-21(4)11(8-22)14(25)20(2)3/h7,11H,5-6,8-9H2,1-4H3/t11-/m1/s1. The van der Waals surface area contributed by atoms with Crippen molar-refractivity contribution in [1.29, 1.82) is 0 Å². The number of likely N-dealkylation sites (N-methyl/N-ethyl adjacent to an activating group) is 2. The van der Waals surface area contributed by atoms with Crippen molar-refractivity contribution >= 4 is 11.8 Å². The van der Waals surface area contributed by atoms with E-state index in [-0.39, 0.29) is 30.6 Å². The minimum Gasteiger partial charge on any atom is -0.347 e. The lowest BCUT2D eigenvalue weighted by Crippen LogP contribution is -2.58. The third-order valence-electron chi connectivity index (χ3n) is 4.28. The Morgan fingerprint density at radius 3 is 2.48 bits per heavy atom. The van der Waals surface area contributed by atoms with E-state index in [1.807, 2.05) is 4.90 Å². The van der Waals surface area contributed by atoms with Gasteiger partial charge in [0.05, 0.1) is 0 Å². The lowest BCUT2D eigenvalue weighted by molar-refractivity contribution is -0.144. The molecular formula is C15H22F3N5O2. The van der Waals surface area contributed by atoms with E-state index in [0.29, 0.717) is 13.1 Å². The molecule has 1 atom stereocenters. The normalized spacial score (nSPS) is 19.2. The molecule has 2 amide bonds. The third-order valence-corrected chi connectivity index (χ3v) is 4.28. The Labute approximate surface area is 144 Å². The topological polar surface area (TPSA) is 61.7 Å². The lowest BCUT2D eigenvalue weighted by atomic mass is 10.1. The summed E-state index contributed by atoms with van der Waals surface area (Å²) in [5.74, 6) is -0.473. The average molecular weight is 361 g/mol. The fraction of sp³-hybridized carbons (Fsp3) is 0.667. The molecule has 0 spiro atoms. The van der Waals surface area contributed by atoms with Gasteiger partial charge in [-0.1, -0.05) is 0 Å². The Balaban J connectivity index is 2.08. The van der Waals surface area contributed by atoms with Gasteiger partial charge in [0.1, 0.15) is 12.6 Å². The molecule has 0 unspecified atom stereocenters. The molecule has 2 rings (SSSR count). The smallest absolute Gasteiger partial charge is 0.347 e. The van der Waals surface area contributed by atoms with E-state index in [0.717, 1.165) is 10.7 Å². The van der Waals surface area contributed by atoms with Gasteiger partial charge in [0.25, 0.3) is 0 Å². The maximum Gasteiger partial charge on any atom is 0.435 e. The summed E-state index contributed by atoms with van der Waals surface area (Å²) in [6.45, 7) is 2.33. The van der Waals surface area contributed by atoms with E-state index >= 15 is 0 Å². The van der Waals surface area contributed by atoms with Crippen molar-refractivity contribution in [1.82, 2.24) is 24.5 Å². The molecule has 2 heterocycles. The van der Waals surface area contributed by atoms with E-state index in [1.165, 1.54) is 16.7 Å². The Hall–Kier alpha value is -2.10. The summed E-state index contributed by atoms with van der Waals surface area (Å²) in [5.41, 5.74) is -0.757. The lowest BCUT2D eigenvalue weighted by Gasteiger charge is -2.39. The van der Waals surface area contributed by atoms with Crippen molar-refractivity contribution < 1.29 is 22.8 Å².